The maximum Gasteiger partial charge on any atom is 0.342 e. The molecule has 1 N–H and O–H groups in total. The van der Waals surface area contributed by atoms with Crippen LogP contribution >= 0.6 is 0 Å². The zero-order valence-corrected chi connectivity index (χ0v) is 13.7. The Bertz CT molecular complexity index is 695. The molecule has 7 nitrogen and oxygen atoms in total. The number of hydrogen-bond acceptors (Lipinski definition) is 6. The van der Waals surface area contributed by atoms with Crippen molar-refractivity contribution in [3.63, 3.8) is 0 Å². The van der Waals surface area contributed by atoms with Crippen LogP contribution in [0.15, 0.2) is 41.0 Å². The second-order valence-corrected chi connectivity index (χ2v) is 4.91. The Balaban J connectivity index is 1.98. The number of esters is 1. The summed E-state index contributed by atoms with van der Waals surface area (Å²) in [5, 5.41) is 2.63. The SMILES string of the molecule is COc1ccc(OC)c(C(=O)O[C@H](C)C(=O)NCc2ccco2)c1. The highest BCUT2D eigenvalue weighted by Crippen LogP contribution is 2.25. The number of hydrogen-bond donors (Lipinski definition) is 1. The number of amides is 1. The van der Waals surface area contributed by atoms with Crippen molar-refractivity contribution in [1.82, 2.24) is 5.32 Å². The van der Waals surface area contributed by atoms with Crippen LogP contribution in [-0.2, 0) is 16.1 Å². The predicted molar refractivity (Wildman–Crippen MR) is 85.0 cm³/mol. The van der Waals surface area contributed by atoms with E-state index in [0.717, 1.165) is 0 Å². The Morgan fingerprint density at radius 2 is 2.00 bits per heavy atom. The van der Waals surface area contributed by atoms with Crippen LogP contribution in [0.1, 0.15) is 23.0 Å². The molecule has 128 valence electrons. The zero-order chi connectivity index (χ0) is 17.5. The minimum atomic E-state index is -0.969. The maximum absolute atomic E-state index is 12.3. The summed E-state index contributed by atoms with van der Waals surface area (Å²) >= 11 is 0. The number of benzene rings is 1. The van der Waals surface area contributed by atoms with E-state index in [9.17, 15) is 9.59 Å². The molecule has 1 amide bonds. The standard InChI is InChI=1S/C17H19NO6/c1-11(16(19)18-10-13-5-4-8-23-13)24-17(20)14-9-12(21-2)6-7-15(14)22-3/h4-9,11H,10H2,1-3H3,(H,18,19)/t11-/m1/s1. The molecular formula is C17H19NO6. The summed E-state index contributed by atoms with van der Waals surface area (Å²) in [4.78, 5) is 24.3. The van der Waals surface area contributed by atoms with Crippen LogP contribution in [0.5, 0.6) is 11.5 Å². The van der Waals surface area contributed by atoms with Crippen LogP contribution in [0.25, 0.3) is 0 Å². The molecule has 0 spiro atoms. The van der Waals surface area contributed by atoms with E-state index >= 15 is 0 Å². The third-order valence-electron chi connectivity index (χ3n) is 3.30. The van der Waals surface area contributed by atoms with E-state index in [2.05, 4.69) is 5.32 Å². The molecule has 0 radical (unpaired) electrons. The summed E-state index contributed by atoms with van der Waals surface area (Å²) in [5.74, 6) is 0.325. The summed E-state index contributed by atoms with van der Waals surface area (Å²) in [5.41, 5.74) is 0.183. The van der Waals surface area contributed by atoms with Crippen molar-refractivity contribution >= 4 is 11.9 Å². The molecular weight excluding hydrogens is 314 g/mol. The van der Waals surface area contributed by atoms with Gasteiger partial charge in [0.05, 0.1) is 27.0 Å². The lowest BCUT2D eigenvalue weighted by Crippen LogP contribution is -2.35. The molecule has 1 atom stereocenters. The largest absolute Gasteiger partial charge is 0.497 e. The molecule has 0 aliphatic carbocycles. The van der Waals surface area contributed by atoms with Gasteiger partial charge in [0.25, 0.3) is 5.91 Å². The number of carbonyl (C=O) groups is 2. The third kappa shape index (κ3) is 4.28. The number of rotatable bonds is 7. The minimum absolute atomic E-state index is 0.183. The zero-order valence-electron chi connectivity index (χ0n) is 13.7. The Hall–Kier alpha value is -2.96. The summed E-state index contributed by atoms with van der Waals surface area (Å²) in [6.07, 6.45) is 0.545. The normalized spacial score (nSPS) is 11.5. The van der Waals surface area contributed by atoms with E-state index in [-0.39, 0.29) is 12.1 Å². The molecule has 1 aromatic carbocycles. The second-order valence-electron chi connectivity index (χ2n) is 4.91. The topological polar surface area (TPSA) is 87.0 Å². The lowest BCUT2D eigenvalue weighted by Gasteiger charge is -2.15. The molecule has 24 heavy (non-hydrogen) atoms. The molecule has 0 saturated carbocycles. The van der Waals surface area contributed by atoms with Crippen LogP contribution in [0, 0.1) is 0 Å². The first-order valence-electron chi connectivity index (χ1n) is 7.28. The Kier molecular flexibility index (Phi) is 5.83. The van der Waals surface area contributed by atoms with Gasteiger partial charge in [0.2, 0.25) is 0 Å². The van der Waals surface area contributed by atoms with Gasteiger partial charge in [0, 0.05) is 0 Å². The highest BCUT2D eigenvalue weighted by Gasteiger charge is 2.22. The Morgan fingerprint density at radius 3 is 2.62 bits per heavy atom. The number of nitrogens with one attached hydrogen (secondary N) is 1. The Labute approximate surface area is 139 Å². The molecule has 0 fully saturated rings. The predicted octanol–water partition coefficient (Wildman–Crippen LogP) is 2.16. The molecule has 0 aliphatic rings. The molecule has 1 aromatic heterocycles. The van der Waals surface area contributed by atoms with E-state index in [4.69, 9.17) is 18.6 Å². The monoisotopic (exact) mass is 333 g/mol. The lowest BCUT2D eigenvalue weighted by atomic mass is 10.2. The van der Waals surface area contributed by atoms with Crippen molar-refractivity contribution in [3.8, 4) is 11.5 Å². The fourth-order valence-electron chi connectivity index (χ4n) is 1.98. The molecule has 0 unspecified atom stereocenters. The van der Waals surface area contributed by atoms with Crippen molar-refractivity contribution in [2.45, 2.75) is 19.6 Å². The highest BCUT2D eigenvalue weighted by molar-refractivity contribution is 5.95. The number of ether oxygens (including phenoxy) is 3. The van der Waals surface area contributed by atoms with Crippen LogP contribution in [-0.4, -0.2) is 32.2 Å². The quantitative estimate of drug-likeness (QED) is 0.781. The van der Waals surface area contributed by atoms with Crippen molar-refractivity contribution < 1.29 is 28.2 Å². The second kappa shape index (κ2) is 8.05. The average Bonchev–Trinajstić information content (AvgIpc) is 3.12. The molecule has 2 rings (SSSR count). The molecule has 0 saturated heterocycles. The van der Waals surface area contributed by atoms with E-state index < -0.39 is 18.0 Å². The van der Waals surface area contributed by atoms with Crippen molar-refractivity contribution in [1.29, 1.82) is 0 Å². The van der Waals surface area contributed by atoms with Gasteiger partial charge >= 0.3 is 5.97 Å². The third-order valence-corrected chi connectivity index (χ3v) is 3.30. The maximum atomic E-state index is 12.3. The van der Waals surface area contributed by atoms with Crippen LogP contribution < -0.4 is 14.8 Å². The summed E-state index contributed by atoms with van der Waals surface area (Å²) < 4.78 is 20.5. The van der Waals surface area contributed by atoms with E-state index in [1.54, 1.807) is 24.3 Å². The molecule has 1 heterocycles. The summed E-state index contributed by atoms with van der Waals surface area (Å²) in [6.45, 7) is 1.71. The molecule has 7 heteroatoms. The highest BCUT2D eigenvalue weighted by atomic mass is 16.5. The van der Waals surface area contributed by atoms with Gasteiger partial charge in [-0.25, -0.2) is 4.79 Å². The van der Waals surface area contributed by atoms with Gasteiger partial charge in [-0.1, -0.05) is 0 Å². The van der Waals surface area contributed by atoms with Crippen molar-refractivity contribution in [2.75, 3.05) is 14.2 Å². The van der Waals surface area contributed by atoms with Gasteiger partial charge in [-0.2, -0.15) is 0 Å². The van der Waals surface area contributed by atoms with Crippen LogP contribution in [0.4, 0.5) is 0 Å². The van der Waals surface area contributed by atoms with Gasteiger partial charge in [-0.3, -0.25) is 4.79 Å². The number of furan rings is 1. The van der Waals surface area contributed by atoms with E-state index in [0.29, 0.717) is 17.3 Å². The van der Waals surface area contributed by atoms with Gasteiger partial charge < -0.3 is 23.9 Å². The first kappa shape index (κ1) is 17.4. The van der Waals surface area contributed by atoms with Gasteiger partial charge in [0.15, 0.2) is 6.10 Å². The van der Waals surface area contributed by atoms with Crippen LogP contribution in [0.2, 0.25) is 0 Å². The molecule has 0 aliphatic heterocycles. The summed E-state index contributed by atoms with van der Waals surface area (Å²) in [6, 6.07) is 8.21. The Morgan fingerprint density at radius 1 is 1.21 bits per heavy atom. The lowest BCUT2D eigenvalue weighted by molar-refractivity contribution is -0.129. The first-order valence-corrected chi connectivity index (χ1v) is 7.28. The number of methoxy groups -OCH3 is 2. The fourth-order valence-corrected chi connectivity index (χ4v) is 1.98. The first-order chi connectivity index (χ1) is 11.5. The van der Waals surface area contributed by atoms with Crippen LogP contribution in [0.3, 0.4) is 0 Å². The van der Waals surface area contributed by atoms with Crippen molar-refractivity contribution in [2.24, 2.45) is 0 Å². The van der Waals surface area contributed by atoms with E-state index in [1.807, 2.05) is 0 Å². The minimum Gasteiger partial charge on any atom is -0.497 e. The van der Waals surface area contributed by atoms with Crippen molar-refractivity contribution in [3.05, 3.63) is 47.9 Å². The van der Waals surface area contributed by atoms with Gasteiger partial charge in [0.1, 0.15) is 22.8 Å². The number of carbonyl (C=O) groups excluding carboxylic acids is 2. The van der Waals surface area contributed by atoms with E-state index in [1.165, 1.54) is 33.5 Å². The summed E-state index contributed by atoms with van der Waals surface area (Å²) in [7, 11) is 2.93. The average molecular weight is 333 g/mol. The molecule has 2 aromatic rings. The molecule has 0 bridgehead atoms. The smallest absolute Gasteiger partial charge is 0.342 e. The van der Waals surface area contributed by atoms with Gasteiger partial charge in [-0.05, 0) is 37.3 Å². The van der Waals surface area contributed by atoms with Gasteiger partial charge in [-0.15, -0.1) is 0 Å². The fraction of sp³-hybridized carbons (Fsp3) is 0.294.